The third kappa shape index (κ3) is 3.86. The minimum absolute atomic E-state index is 0.0431. The van der Waals surface area contributed by atoms with Gasteiger partial charge < -0.3 is 10.1 Å². The quantitative estimate of drug-likeness (QED) is 0.766. The van der Waals surface area contributed by atoms with Crippen LogP contribution in [0.4, 0.5) is 4.79 Å². The summed E-state index contributed by atoms with van der Waals surface area (Å²) in [6.07, 6.45) is 6.46. The molecule has 4 heteroatoms. The maximum Gasteiger partial charge on any atom is 0.407 e. The average Bonchev–Trinajstić information content (AvgIpc) is 2.35. The van der Waals surface area contributed by atoms with E-state index in [1.165, 1.54) is 0 Å². The Bertz CT molecular complexity index is 336. The number of ether oxygens (including phenoxy) is 1. The number of carbonyl (C=O) groups is 2. The van der Waals surface area contributed by atoms with Gasteiger partial charge in [-0.05, 0) is 33.1 Å². The summed E-state index contributed by atoms with van der Waals surface area (Å²) in [5, 5.41) is 2.67. The predicted octanol–water partition coefficient (Wildman–Crippen LogP) is 2.83. The van der Waals surface area contributed by atoms with E-state index < -0.39 is 11.5 Å². The van der Waals surface area contributed by atoms with Gasteiger partial charge in [-0.2, -0.15) is 0 Å². The summed E-state index contributed by atoms with van der Waals surface area (Å²) in [5.74, 6) is 0.184. The van der Waals surface area contributed by atoms with Crippen LogP contribution in [0.25, 0.3) is 0 Å². The number of allylic oxidation sites excluding steroid dienone is 2. The molecule has 18 heavy (non-hydrogen) atoms. The fraction of sp³-hybridized carbons (Fsp3) is 0.714. The van der Waals surface area contributed by atoms with E-state index >= 15 is 0 Å². The van der Waals surface area contributed by atoms with Crippen molar-refractivity contribution < 1.29 is 14.3 Å². The van der Waals surface area contributed by atoms with Crippen molar-refractivity contribution >= 4 is 11.9 Å². The smallest absolute Gasteiger partial charge is 0.407 e. The first-order valence-electron chi connectivity index (χ1n) is 6.62. The van der Waals surface area contributed by atoms with Crippen LogP contribution >= 0.6 is 0 Å². The molecule has 0 aliphatic heterocycles. The van der Waals surface area contributed by atoms with Crippen molar-refractivity contribution in [3.8, 4) is 0 Å². The van der Waals surface area contributed by atoms with Crippen molar-refractivity contribution in [2.24, 2.45) is 5.41 Å². The number of hydrogen-bond acceptors (Lipinski definition) is 3. The number of carbonyl (C=O) groups excluding carboxylic acids is 2. The van der Waals surface area contributed by atoms with Gasteiger partial charge in [-0.25, -0.2) is 4.79 Å². The predicted molar refractivity (Wildman–Crippen MR) is 70.3 cm³/mol. The van der Waals surface area contributed by atoms with Crippen LogP contribution in [0.2, 0.25) is 0 Å². The zero-order valence-corrected chi connectivity index (χ0v) is 11.5. The Morgan fingerprint density at radius 2 is 2.11 bits per heavy atom. The number of hydrogen-bond donors (Lipinski definition) is 1. The van der Waals surface area contributed by atoms with Gasteiger partial charge in [0.2, 0.25) is 0 Å². The lowest BCUT2D eigenvalue weighted by molar-refractivity contribution is -0.131. The molecule has 0 radical (unpaired) electrons. The largest absolute Gasteiger partial charge is 0.448 e. The standard InChI is InChI=1S/C14H23NO3/c1-4-12(16)14(8-6-5-7-9-14)10-18-13(17)15-11(2)3/h5-6,11H,4,7-10H2,1-3H3,(H,15,17). The Balaban J connectivity index is 2.60. The first kappa shape index (κ1) is 14.7. The van der Waals surface area contributed by atoms with Crippen LogP contribution in [0, 0.1) is 5.41 Å². The summed E-state index contributed by atoms with van der Waals surface area (Å²) in [7, 11) is 0. The summed E-state index contributed by atoms with van der Waals surface area (Å²) in [6.45, 7) is 5.79. The Kier molecular flexibility index (Phi) is 5.38. The van der Waals surface area contributed by atoms with Crippen LogP contribution in [-0.4, -0.2) is 24.5 Å². The van der Waals surface area contributed by atoms with Crippen molar-refractivity contribution in [2.45, 2.75) is 52.5 Å². The molecule has 0 bridgehead atoms. The second kappa shape index (κ2) is 6.57. The molecule has 0 aromatic heterocycles. The SMILES string of the molecule is CCC(=O)C1(COC(=O)NC(C)C)CC=CCC1. The fourth-order valence-corrected chi connectivity index (χ4v) is 2.21. The second-order valence-electron chi connectivity index (χ2n) is 5.15. The highest BCUT2D eigenvalue weighted by Gasteiger charge is 2.38. The molecule has 1 rings (SSSR count). The number of rotatable bonds is 5. The van der Waals surface area contributed by atoms with Crippen LogP contribution in [0.5, 0.6) is 0 Å². The Morgan fingerprint density at radius 3 is 2.61 bits per heavy atom. The Hall–Kier alpha value is -1.32. The molecule has 1 amide bonds. The van der Waals surface area contributed by atoms with Gasteiger partial charge in [-0.1, -0.05) is 19.1 Å². The number of nitrogens with one attached hydrogen (secondary N) is 1. The summed E-state index contributed by atoms with van der Waals surface area (Å²) < 4.78 is 5.21. The van der Waals surface area contributed by atoms with Gasteiger partial charge in [0.25, 0.3) is 0 Å². The van der Waals surface area contributed by atoms with Gasteiger partial charge in [-0.15, -0.1) is 0 Å². The first-order chi connectivity index (χ1) is 8.50. The number of ketones is 1. The van der Waals surface area contributed by atoms with E-state index in [1.807, 2.05) is 26.8 Å². The van der Waals surface area contributed by atoms with Crippen molar-refractivity contribution in [1.29, 1.82) is 0 Å². The molecule has 1 atom stereocenters. The second-order valence-corrected chi connectivity index (χ2v) is 5.15. The van der Waals surface area contributed by atoms with Crippen molar-refractivity contribution in [1.82, 2.24) is 5.32 Å². The van der Waals surface area contributed by atoms with Crippen LogP contribution < -0.4 is 5.32 Å². The minimum atomic E-state index is -0.502. The summed E-state index contributed by atoms with van der Waals surface area (Å²) in [4.78, 5) is 23.6. The molecule has 0 spiro atoms. The number of alkyl carbamates (subject to hydrolysis) is 1. The van der Waals surface area contributed by atoms with Crippen LogP contribution in [0.1, 0.15) is 46.5 Å². The van der Waals surface area contributed by atoms with Gasteiger partial charge >= 0.3 is 6.09 Å². The topological polar surface area (TPSA) is 55.4 Å². The number of amides is 1. The molecule has 1 unspecified atom stereocenters. The molecule has 0 fully saturated rings. The highest BCUT2D eigenvalue weighted by atomic mass is 16.5. The molecule has 0 saturated carbocycles. The van der Waals surface area contributed by atoms with Crippen molar-refractivity contribution in [2.75, 3.05) is 6.61 Å². The molecule has 0 aromatic rings. The maximum atomic E-state index is 12.1. The van der Waals surface area contributed by atoms with Gasteiger partial charge in [0.1, 0.15) is 12.4 Å². The van der Waals surface area contributed by atoms with E-state index in [0.29, 0.717) is 12.8 Å². The van der Waals surface area contributed by atoms with E-state index in [9.17, 15) is 9.59 Å². The van der Waals surface area contributed by atoms with Crippen LogP contribution in [-0.2, 0) is 9.53 Å². The molecule has 4 nitrogen and oxygen atoms in total. The van der Waals surface area contributed by atoms with E-state index in [1.54, 1.807) is 0 Å². The summed E-state index contributed by atoms with van der Waals surface area (Å²) in [6, 6.07) is 0.0431. The van der Waals surface area contributed by atoms with Gasteiger partial charge in [0.05, 0.1) is 5.41 Å². The van der Waals surface area contributed by atoms with Gasteiger partial charge in [-0.3, -0.25) is 4.79 Å². The zero-order chi connectivity index (χ0) is 13.6. The maximum absolute atomic E-state index is 12.1. The van der Waals surface area contributed by atoms with Crippen molar-refractivity contribution in [3.63, 3.8) is 0 Å². The monoisotopic (exact) mass is 253 g/mol. The van der Waals surface area contributed by atoms with Crippen molar-refractivity contribution in [3.05, 3.63) is 12.2 Å². The van der Waals surface area contributed by atoms with Gasteiger partial charge in [0, 0.05) is 12.5 Å². The summed E-state index contributed by atoms with van der Waals surface area (Å²) >= 11 is 0. The zero-order valence-electron chi connectivity index (χ0n) is 11.5. The fourth-order valence-electron chi connectivity index (χ4n) is 2.21. The number of Topliss-reactive ketones (excluding diaryl/α,β-unsaturated/α-hetero) is 1. The lowest BCUT2D eigenvalue weighted by atomic mass is 9.73. The molecule has 1 aliphatic carbocycles. The van der Waals surface area contributed by atoms with E-state index in [4.69, 9.17) is 4.74 Å². The Labute approximate surface area is 109 Å². The van der Waals surface area contributed by atoms with E-state index in [2.05, 4.69) is 11.4 Å². The van der Waals surface area contributed by atoms with E-state index in [0.717, 1.165) is 12.8 Å². The van der Waals surface area contributed by atoms with E-state index in [-0.39, 0.29) is 18.4 Å². The van der Waals surface area contributed by atoms with Gasteiger partial charge in [0.15, 0.2) is 0 Å². The Morgan fingerprint density at radius 1 is 1.39 bits per heavy atom. The summed E-state index contributed by atoms with van der Waals surface area (Å²) in [5.41, 5.74) is -0.502. The molecule has 0 heterocycles. The lowest BCUT2D eigenvalue weighted by Crippen LogP contribution is -2.40. The highest BCUT2D eigenvalue weighted by molar-refractivity contribution is 5.85. The van der Waals surface area contributed by atoms with Crippen LogP contribution in [0.15, 0.2) is 12.2 Å². The lowest BCUT2D eigenvalue weighted by Gasteiger charge is -2.32. The molecule has 1 aliphatic rings. The third-order valence-corrected chi connectivity index (χ3v) is 3.26. The molecular weight excluding hydrogens is 230 g/mol. The molecular formula is C14H23NO3. The highest BCUT2D eigenvalue weighted by Crippen LogP contribution is 2.35. The molecule has 102 valence electrons. The first-order valence-corrected chi connectivity index (χ1v) is 6.62. The molecule has 1 N–H and O–H groups in total. The normalized spacial score (nSPS) is 22.9. The molecule has 0 aromatic carbocycles. The van der Waals surface area contributed by atoms with Crippen LogP contribution in [0.3, 0.4) is 0 Å². The average molecular weight is 253 g/mol. The molecule has 0 saturated heterocycles. The minimum Gasteiger partial charge on any atom is -0.448 e. The third-order valence-electron chi connectivity index (χ3n) is 3.26.